The molecule has 0 saturated carbocycles. The molecule has 0 aromatic carbocycles. The number of aromatic nitrogens is 5. The maximum absolute atomic E-state index is 12.4. The molecular formula is C16H18N6O3. The van der Waals surface area contributed by atoms with Gasteiger partial charge in [-0.15, -0.1) is 5.10 Å². The van der Waals surface area contributed by atoms with Gasteiger partial charge in [0, 0.05) is 19.0 Å². The van der Waals surface area contributed by atoms with Crippen molar-refractivity contribution in [3.8, 4) is 11.6 Å². The lowest BCUT2D eigenvalue weighted by molar-refractivity contribution is 0.0786. The number of carbonyl (C=O) groups excluding carboxylic acids is 1. The van der Waals surface area contributed by atoms with E-state index in [0.717, 1.165) is 6.42 Å². The summed E-state index contributed by atoms with van der Waals surface area (Å²) in [5.41, 5.74) is 1.10. The van der Waals surface area contributed by atoms with Crippen LogP contribution >= 0.6 is 0 Å². The Hall–Kier alpha value is -2.97. The Labute approximate surface area is 143 Å². The van der Waals surface area contributed by atoms with Gasteiger partial charge in [-0.25, -0.2) is 4.68 Å². The van der Waals surface area contributed by atoms with E-state index in [-0.39, 0.29) is 17.9 Å². The Kier molecular flexibility index (Phi) is 3.83. The van der Waals surface area contributed by atoms with Crippen LogP contribution in [0.4, 0.5) is 0 Å². The number of carbonyl (C=O) groups is 1. The first-order valence-corrected chi connectivity index (χ1v) is 8.19. The molecule has 130 valence electrons. The molecule has 4 heterocycles. The van der Waals surface area contributed by atoms with Crippen LogP contribution in [0.15, 0.2) is 33.7 Å². The van der Waals surface area contributed by atoms with E-state index >= 15 is 0 Å². The molecule has 1 aliphatic rings. The lowest BCUT2D eigenvalue weighted by atomic mass is 10.2. The molecule has 0 radical (unpaired) electrons. The Bertz CT molecular complexity index is 866. The van der Waals surface area contributed by atoms with E-state index in [1.54, 1.807) is 21.8 Å². The molecule has 1 saturated heterocycles. The molecule has 1 atom stereocenters. The van der Waals surface area contributed by atoms with E-state index in [1.165, 1.54) is 12.5 Å². The van der Waals surface area contributed by atoms with Gasteiger partial charge in [0.1, 0.15) is 6.26 Å². The van der Waals surface area contributed by atoms with Crippen molar-refractivity contribution in [2.24, 2.45) is 0 Å². The summed E-state index contributed by atoms with van der Waals surface area (Å²) in [6, 6.07) is 1.75. The topological polar surface area (TPSA) is 103 Å². The summed E-state index contributed by atoms with van der Waals surface area (Å²) in [7, 11) is 0. The number of hydrogen-bond acceptors (Lipinski definition) is 7. The molecule has 1 aliphatic heterocycles. The van der Waals surface area contributed by atoms with Gasteiger partial charge in [-0.1, -0.05) is 24.2 Å². The quantitative estimate of drug-likeness (QED) is 0.715. The molecule has 9 heteroatoms. The highest BCUT2D eigenvalue weighted by Gasteiger charge is 2.29. The Morgan fingerprint density at radius 2 is 2.28 bits per heavy atom. The molecule has 0 unspecified atom stereocenters. The zero-order chi connectivity index (χ0) is 17.4. The predicted octanol–water partition coefficient (Wildman–Crippen LogP) is 2.13. The fraction of sp³-hybridized carbons (Fsp3) is 0.438. The van der Waals surface area contributed by atoms with Crippen LogP contribution in [0.2, 0.25) is 0 Å². The summed E-state index contributed by atoms with van der Waals surface area (Å²) in [4.78, 5) is 18.5. The zero-order valence-electron chi connectivity index (χ0n) is 14.0. The molecule has 25 heavy (non-hydrogen) atoms. The molecule has 0 spiro atoms. The third kappa shape index (κ3) is 2.92. The number of likely N-dealkylation sites (tertiary alicyclic amines) is 1. The smallest absolute Gasteiger partial charge is 0.280 e. The van der Waals surface area contributed by atoms with E-state index in [2.05, 4.69) is 20.5 Å². The normalized spacial score (nSPS) is 17.6. The molecule has 0 aliphatic carbocycles. The van der Waals surface area contributed by atoms with Gasteiger partial charge in [0.2, 0.25) is 0 Å². The third-order valence-corrected chi connectivity index (χ3v) is 4.28. The van der Waals surface area contributed by atoms with Gasteiger partial charge in [-0.2, -0.15) is 4.98 Å². The average molecular weight is 342 g/mol. The van der Waals surface area contributed by atoms with Crippen molar-refractivity contribution in [1.29, 1.82) is 0 Å². The minimum absolute atomic E-state index is 0.0323. The molecule has 9 nitrogen and oxygen atoms in total. The van der Waals surface area contributed by atoms with Gasteiger partial charge in [-0.3, -0.25) is 4.79 Å². The Morgan fingerprint density at radius 1 is 1.40 bits per heavy atom. The second kappa shape index (κ2) is 6.15. The van der Waals surface area contributed by atoms with Gasteiger partial charge in [0.05, 0.1) is 24.1 Å². The summed E-state index contributed by atoms with van der Waals surface area (Å²) in [6.45, 7) is 5.24. The minimum atomic E-state index is -0.0323. The van der Waals surface area contributed by atoms with E-state index in [4.69, 9.17) is 8.94 Å². The van der Waals surface area contributed by atoms with Crippen molar-refractivity contribution < 1.29 is 13.7 Å². The number of amides is 1. The van der Waals surface area contributed by atoms with E-state index in [0.29, 0.717) is 36.1 Å². The number of nitrogens with zero attached hydrogens (tertiary/aromatic N) is 6. The van der Waals surface area contributed by atoms with Crippen molar-refractivity contribution in [3.05, 3.63) is 36.2 Å². The summed E-state index contributed by atoms with van der Waals surface area (Å²) < 4.78 is 12.0. The number of hydrogen-bond donors (Lipinski definition) is 0. The van der Waals surface area contributed by atoms with Gasteiger partial charge in [0.15, 0.2) is 11.5 Å². The van der Waals surface area contributed by atoms with E-state index in [9.17, 15) is 4.79 Å². The largest absolute Gasteiger partial charge is 0.472 e. The van der Waals surface area contributed by atoms with Crippen molar-refractivity contribution in [2.75, 3.05) is 13.1 Å². The van der Waals surface area contributed by atoms with Crippen molar-refractivity contribution >= 4 is 5.91 Å². The van der Waals surface area contributed by atoms with Crippen LogP contribution in [0.25, 0.3) is 11.6 Å². The minimum Gasteiger partial charge on any atom is -0.472 e. The Balaban J connectivity index is 1.46. The average Bonchev–Trinajstić information content (AvgIpc) is 3.42. The van der Waals surface area contributed by atoms with Gasteiger partial charge < -0.3 is 13.8 Å². The van der Waals surface area contributed by atoms with Crippen molar-refractivity contribution in [2.45, 2.75) is 32.2 Å². The third-order valence-electron chi connectivity index (χ3n) is 4.28. The van der Waals surface area contributed by atoms with Crippen LogP contribution < -0.4 is 0 Å². The fourth-order valence-corrected chi connectivity index (χ4v) is 2.84. The number of furan rings is 1. The van der Waals surface area contributed by atoms with Gasteiger partial charge in [0.25, 0.3) is 11.8 Å². The highest BCUT2D eigenvalue weighted by molar-refractivity contribution is 5.94. The molecule has 0 bridgehead atoms. The van der Waals surface area contributed by atoms with Crippen LogP contribution in [-0.4, -0.2) is 49.0 Å². The first-order chi connectivity index (χ1) is 12.1. The molecule has 3 aromatic rings. The predicted molar refractivity (Wildman–Crippen MR) is 85.7 cm³/mol. The summed E-state index contributed by atoms with van der Waals surface area (Å²) in [5.74, 6) is 1.15. The maximum atomic E-state index is 12.4. The second-order valence-corrected chi connectivity index (χ2v) is 6.40. The summed E-state index contributed by atoms with van der Waals surface area (Å²) >= 11 is 0. The van der Waals surface area contributed by atoms with Crippen LogP contribution in [0.3, 0.4) is 0 Å². The Morgan fingerprint density at radius 3 is 3.00 bits per heavy atom. The first kappa shape index (κ1) is 15.6. The van der Waals surface area contributed by atoms with E-state index in [1.807, 2.05) is 13.8 Å². The van der Waals surface area contributed by atoms with Crippen LogP contribution in [0.1, 0.15) is 48.4 Å². The maximum Gasteiger partial charge on any atom is 0.280 e. The lowest BCUT2D eigenvalue weighted by Crippen LogP contribution is -2.28. The van der Waals surface area contributed by atoms with E-state index < -0.39 is 0 Å². The van der Waals surface area contributed by atoms with Crippen molar-refractivity contribution in [1.82, 2.24) is 30.0 Å². The molecular weight excluding hydrogens is 324 g/mol. The molecule has 1 fully saturated rings. The summed E-state index contributed by atoms with van der Waals surface area (Å²) in [5, 5.41) is 12.2. The second-order valence-electron chi connectivity index (χ2n) is 6.40. The highest BCUT2D eigenvalue weighted by Crippen LogP contribution is 2.24. The fourth-order valence-electron chi connectivity index (χ4n) is 2.84. The standard InChI is InChI=1S/C16H18N6O3/c1-10(2)14-17-15(25-19-14)13-8-22(20-18-13)12-3-5-21(7-12)16(23)11-4-6-24-9-11/h4,6,8-10,12H,3,5,7H2,1-2H3/t12-/m0/s1. The van der Waals surface area contributed by atoms with Crippen molar-refractivity contribution in [3.63, 3.8) is 0 Å². The first-order valence-electron chi connectivity index (χ1n) is 8.19. The highest BCUT2D eigenvalue weighted by atomic mass is 16.5. The zero-order valence-corrected chi connectivity index (χ0v) is 14.0. The molecule has 3 aromatic heterocycles. The van der Waals surface area contributed by atoms with Crippen LogP contribution in [0, 0.1) is 0 Å². The lowest BCUT2D eigenvalue weighted by Gasteiger charge is -2.15. The SMILES string of the molecule is CC(C)c1noc(-c2cn([C@H]3CCN(C(=O)c4ccoc4)C3)nn2)n1. The number of rotatable bonds is 4. The van der Waals surface area contributed by atoms with Gasteiger partial charge in [-0.05, 0) is 12.5 Å². The van der Waals surface area contributed by atoms with Crippen LogP contribution in [0.5, 0.6) is 0 Å². The monoisotopic (exact) mass is 342 g/mol. The molecule has 0 N–H and O–H groups in total. The molecule has 4 rings (SSSR count). The van der Waals surface area contributed by atoms with Crippen LogP contribution in [-0.2, 0) is 0 Å². The van der Waals surface area contributed by atoms with Gasteiger partial charge >= 0.3 is 0 Å². The summed E-state index contributed by atoms with van der Waals surface area (Å²) in [6.07, 6.45) is 5.56. The molecule has 1 amide bonds.